The van der Waals surface area contributed by atoms with E-state index in [1.54, 1.807) is 31.4 Å². The second-order valence-corrected chi connectivity index (χ2v) is 14.8. The summed E-state index contributed by atoms with van der Waals surface area (Å²) in [6.45, 7) is 0.237. The van der Waals surface area contributed by atoms with Gasteiger partial charge in [-0.15, -0.1) is 0 Å². The van der Waals surface area contributed by atoms with E-state index < -0.39 is 23.0 Å². The summed E-state index contributed by atoms with van der Waals surface area (Å²) in [5, 5.41) is 11.5. The lowest BCUT2D eigenvalue weighted by atomic mass is 9.67. The maximum atomic E-state index is 13.9. The van der Waals surface area contributed by atoms with E-state index in [9.17, 15) is 9.82 Å². The highest BCUT2D eigenvalue weighted by atomic mass is 32.3. The molecule has 5 nitrogen and oxygen atoms in total. The summed E-state index contributed by atoms with van der Waals surface area (Å²) in [5.74, 6) is 0.579. The van der Waals surface area contributed by atoms with E-state index in [1.165, 1.54) is 16.7 Å². The predicted octanol–water partition coefficient (Wildman–Crippen LogP) is 9.54. The van der Waals surface area contributed by atoms with Crippen LogP contribution < -0.4 is 4.74 Å². The third kappa shape index (κ3) is 7.77. The van der Waals surface area contributed by atoms with Crippen molar-refractivity contribution in [1.29, 1.82) is 0 Å². The second kappa shape index (κ2) is 16.7. The highest BCUT2D eigenvalue weighted by Gasteiger charge is 2.39. The number of carbonyl (C=O) groups is 1. The van der Waals surface area contributed by atoms with Gasteiger partial charge in [0.2, 0.25) is 0 Å². The van der Waals surface area contributed by atoms with Crippen molar-refractivity contribution in [3.63, 3.8) is 0 Å². The van der Waals surface area contributed by atoms with Gasteiger partial charge in [0, 0.05) is 27.4 Å². The van der Waals surface area contributed by atoms with Crippen molar-refractivity contribution in [1.82, 2.24) is 0 Å². The first-order chi connectivity index (χ1) is 24.5. The van der Waals surface area contributed by atoms with Crippen molar-refractivity contribution in [2.45, 2.75) is 28.0 Å². The first kappa shape index (κ1) is 34.9. The Kier molecular flexibility index (Phi) is 11.6. The molecule has 0 unspecified atom stereocenters. The van der Waals surface area contributed by atoms with Crippen molar-refractivity contribution in [2.75, 3.05) is 19.5 Å². The number of rotatable bonds is 16. The normalized spacial score (nSPS) is 11.9. The molecule has 252 valence electrons. The summed E-state index contributed by atoms with van der Waals surface area (Å²) in [7, 11) is -2.55. The number of methoxy groups -OCH3 is 1. The summed E-state index contributed by atoms with van der Waals surface area (Å²) < 4.78 is 18.0. The summed E-state index contributed by atoms with van der Waals surface area (Å²) in [6, 6.07) is 58.0. The fourth-order valence-corrected chi connectivity index (χ4v) is 9.53. The van der Waals surface area contributed by atoms with Gasteiger partial charge in [-0.3, -0.25) is 4.79 Å². The second-order valence-electron chi connectivity index (χ2n) is 12.0. The number of benzene rings is 6. The maximum Gasteiger partial charge on any atom is 0.647 e. The molecule has 0 spiro atoms. The molecule has 0 heterocycles. The molecule has 6 aromatic carbocycles. The maximum absolute atomic E-state index is 13.9. The molecule has 0 aliphatic carbocycles. The Morgan fingerprint density at radius 3 is 1.46 bits per heavy atom. The van der Waals surface area contributed by atoms with Crippen molar-refractivity contribution in [3.8, 4) is 5.75 Å². The molecule has 0 aromatic heterocycles. The number of hydrogen-bond acceptors (Lipinski definition) is 5. The monoisotopic (exact) mass is 680 g/mol. The minimum absolute atomic E-state index is 0.0207. The third-order valence-electron chi connectivity index (χ3n) is 9.00. The van der Waals surface area contributed by atoms with Gasteiger partial charge >= 0.3 is 7.32 Å². The fraction of sp³-hybridized carbons (Fsp3) is 0.140. The molecule has 1 N–H and O–H groups in total. The largest absolute Gasteiger partial charge is 0.647 e. The Hall–Kier alpha value is -4.92. The lowest BCUT2D eigenvalue weighted by Gasteiger charge is -2.40. The summed E-state index contributed by atoms with van der Waals surface area (Å²) >= 11 is 0. The van der Waals surface area contributed by atoms with Crippen molar-refractivity contribution < 1.29 is 23.3 Å². The number of ketones is 1. The van der Waals surface area contributed by atoms with Crippen LogP contribution >= 0.6 is 10.3 Å². The van der Waals surface area contributed by atoms with Gasteiger partial charge in [0.1, 0.15) is 5.75 Å². The minimum Gasteiger partial charge on any atom is -0.497 e. The predicted molar refractivity (Wildman–Crippen MR) is 203 cm³/mol. The van der Waals surface area contributed by atoms with E-state index in [0.717, 1.165) is 16.2 Å². The smallest absolute Gasteiger partial charge is 0.497 e. The average Bonchev–Trinajstić information content (AvgIpc) is 3.19. The minimum atomic E-state index is -2.57. The quantitative estimate of drug-likeness (QED) is 0.0478. The van der Waals surface area contributed by atoms with Gasteiger partial charge in [0.05, 0.1) is 12.9 Å². The molecule has 0 aliphatic rings. The summed E-state index contributed by atoms with van der Waals surface area (Å²) in [4.78, 5) is 15.6. The molecule has 0 aliphatic heterocycles. The standard InChI is InChI=1S/C43H41BO5S/c1-47-39-30-28-35(29-31-39)42(45)34-50(40-24-13-5-14-25-40,41-26-15-6-16-27-41)49-44(46)48-33-17-32-43(36-18-7-2-8-19-36,37-20-9-3-10-21-37)38-22-11-4-12-23-38/h2-16,18-31,46H,17,32-34H2,1H3. The molecular formula is C43H41BO5S. The summed E-state index contributed by atoms with van der Waals surface area (Å²) in [6.07, 6.45) is 1.35. The third-order valence-corrected chi connectivity index (χ3v) is 12.2. The molecule has 0 atom stereocenters. The lowest BCUT2D eigenvalue weighted by molar-refractivity contribution is 0.102. The van der Waals surface area contributed by atoms with Gasteiger partial charge in [-0.25, -0.2) is 0 Å². The fourth-order valence-electron chi connectivity index (χ4n) is 6.56. The van der Waals surface area contributed by atoms with E-state index in [0.29, 0.717) is 17.7 Å². The van der Waals surface area contributed by atoms with Crippen molar-refractivity contribution in [3.05, 3.63) is 198 Å². The number of hydrogen-bond donors (Lipinski definition) is 1. The Labute approximate surface area is 297 Å². The number of ether oxygens (including phenoxy) is 1. The molecule has 0 radical (unpaired) electrons. The average molecular weight is 681 g/mol. The van der Waals surface area contributed by atoms with Crippen LogP contribution in [0.25, 0.3) is 0 Å². The zero-order chi connectivity index (χ0) is 34.7. The topological polar surface area (TPSA) is 65.0 Å². The molecule has 0 bridgehead atoms. The van der Waals surface area contributed by atoms with Crippen LogP contribution in [0.4, 0.5) is 0 Å². The van der Waals surface area contributed by atoms with Crippen LogP contribution in [0.1, 0.15) is 39.9 Å². The van der Waals surface area contributed by atoms with Gasteiger partial charge in [0.25, 0.3) is 0 Å². The Balaban J connectivity index is 1.27. The molecule has 0 saturated heterocycles. The molecule has 0 amide bonds. The van der Waals surface area contributed by atoms with E-state index >= 15 is 0 Å². The van der Waals surface area contributed by atoms with E-state index in [2.05, 4.69) is 72.8 Å². The Bertz CT molecular complexity index is 1770. The van der Waals surface area contributed by atoms with Crippen LogP contribution in [0, 0.1) is 0 Å². The van der Waals surface area contributed by atoms with Gasteiger partial charge in [-0.2, -0.15) is 0 Å². The summed E-state index contributed by atoms with van der Waals surface area (Å²) in [5.41, 5.74) is 3.65. The van der Waals surface area contributed by atoms with Gasteiger partial charge < -0.3 is 18.5 Å². The highest BCUT2D eigenvalue weighted by molar-refractivity contribution is 8.31. The van der Waals surface area contributed by atoms with Crippen LogP contribution in [0.5, 0.6) is 5.75 Å². The first-order valence-electron chi connectivity index (χ1n) is 16.8. The number of Topliss-reactive ketones (excluding diaryl/α,β-unsaturated/α-hetero) is 1. The Morgan fingerprint density at radius 1 is 0.620 bits per heavy atom. The van der Waals surface area contributed by atoms with Gasteiger partial charge in [-0.1, -0.05) is 138 Å². The Morgan fingerprint density at radius 2 is 1.04 bits per heavy atom. The van der Waals surface area contributed by atoms with Crippen LogP contribution in [0.15, 0.2) is 186 Å². The first-order valence-corrected chi connectivity index (χ1v) is 18.5. The van der Waals surface area contributed by atoms with E-state index in [1.807, 2.05) is 78.9 Å². The van der Waals surface area contributed by atoms with Gasteiger partial charge in [0.15, 0.2) is 5.78 Å². The zero-order valence-corrected chi connectivity index (χ0v) is 29.0. The molecule has 50 heavy (non-hydrogen) atoms. The molecule has 7 heteroatoms. The van der Waals surface area contributed by atoms with E-state index in [4.69, 9.17) is 13.5 Å². The highest BCUT2D eigenvalue weighted by Crippen LogP contribution is 2.63. The molecule has 0 fully saturated rings. The van der Waals surface area contributed by atoms with Crippen LogP contribution in [-0.2, 0) is 14.2 Å². The SMILES string of the molecule is COc1ccc(C(=O)CS(OB(O)OCCCC(c2ccccc2)(c2ccccc2)c2ccccc2)(c2ccccc2)c2ccccc2)cc1. The molecule has 6 rings (SSSR count). The van der Waals surface area contributed by atoms with Crippen LogP contribution in [0.3, 0.4) is 0 Å². The molecule has 0 saturated carbocycles. The van der Waals surface area contributed by atoms with Crippen molar-refractivity contribution in [2.24, 2.45) is 0 Å². The zero-order valence-electron chi connectivity index (χ0n) is 28.1. The molecule has 6 aromatic rings. The van der Waals surface area contributed by atoms with Gasteiger partial charge in [-0.05, 0) is 78.1 Å². The lowest BCUT2D eigenvalue weighted by Crippen LogP contribution is -2.31. The van der Waals surface area contributed by atoms with Crippen LogP contribution in [-0.4, -0.2) is 37.6 Å². The number of carbonyl (C=O) groups excluding carboxylic acids is 1. The molecular weight excluding hydrogens is 639 g/mol. The van der Waals surface area contributed by atoms with E-state index in [-0.39, 0.29) is 18.1 Å². The van der Waals surface area contributed by atoms with Crippen LogP contribution in [0.2, 0.25) is 0 Å². The van der Waals surface area contributed by atoms with Crippen molar-refractivity contribution >= 4 is 23.4 Å².